The predicted octanol–water partition coefficient (Wildman–Crippen LogP) is 4.43. The highest BCUT2D eigenvalue weighted by molar-refractivity contribution is 6.60. The van der Waals surface area contributed by atoms with Crippen molar-refractivity contribution in [3.8, 4) is 0 Å². The maximum Gasteiger partial charge on any atom is 0.123 e. The minimum absolute atomic E-state index is 0.224. The molecule has 0 amide bonds. The maximum atomic E-state index is 2.87. The molecule has 0 aromatic heterocycles. The number of para-hydroxylation sites is 2. The Kier molecular flexibility index (Phi) is 6.69. The van der Waals surface area contributed by atoms with Crippen LogP contribution < -0.4 is 9.13 Å². The molecule has 0 radical (unpaired) electrons. The average molecular weight is 395 g/mol. The van der Waals surface area contributed by atoms with Gasteiger partial charge in [-0.05, 0) is 55.6 Å². The molecule has 0 bridgehead atoms. The Morgan fingerprint density at radius 3 is 1.33 bits per heavy atom. The standard InChI is InChI=1S/C23H34N2Si2/c1-3-11-20(12-4-1)24(22-15-7-8-16-22)26-19-27-25(23-17-9-10-18-23)21-13-5-2-6-14-21/h1-6,11-14,22-23H,7-10,15-19,26-27H2. The second-order valence-corrected chi connectivity index (χ2v) is 13.4. The van der Waals surface area contributed by atoms with Crippen molar-refractivity contribution in [2.45, 2.75) is 69.1 Å². The van der Waals surface area contributed by atoms with Crippen molar-refractivity contribution in [3.63, 3.8) is 0 Å². The zero-order chi connectivity index (χ0) is 18.3. The molecule has 2 saturated carbocycles. The molecule has 27 heavy (non-hydrogen) atoms. The van der Waals surface area contributed by atoms with Crippen LogP contribution >= 0.6 is 0 Å². The Labute approximate surface area is 169 Å². The van der Waals surface area contributed by atoms with Crippen LogP contribution in [-0.2, 0) is 0 Å². The minimum atomic E-state index is -0.224. The second-order valence-electron chi connectivity index (χ2n) is 8.29. The van der Waals surface area contributed by atoms with Gasteiger partial charge >= 0.3 is 0 Å². The molecule has 2 aromatic carbocycles. The summed E-state index contributed by atoms with van der Waals surface area (Å²) in [4.78, 5) is 0. The lowest BCUT2D eigenvalue weighted by Gasteiger charge is -2.35. The van der Waals surface area contributed by atoms with Gasteiger partial charge in [-0.1, -0.05) is 62.1 Å². The van der Waals surface area contributed by atoms with E-state index in [-0.39, 0.29) is 19.4 Å². The molecular weight excluding hydrogens is 360 g/mol. The zero-order valence-electron chi connectivity index (χ0n) is 16.6. The van der Waals surface area contributed by atoms with Crippen LogP contribution in [0.5, 0.6) is 0 Å². The minimum Gasteiger partial charge on any atom is -0.401 e. The van der Waals surface area contributed by atoms with Crippen molar-refractivity contribution < 1.29 is 0 Å². The maximum absolute atomic E-state index is 2.87. The molecule has 0 heterocycles. The van der Waals surface area contributed by atoms with E-state index in [1.54, 1.807) is 0 Å². The molecule has 0 aliphatic heterocycles. The molecule has 2 nitrogen and oxygen atoms in total. The molecule has 2 fully saturated rings. The number of nitrogens with zero attached hydrogens (tertiary/aromatic N) is 2. The average Bonchev–Trinajstić information content (AvgIpc) is 3.44. The fraction of sp³-hybridized carbons (Fsp3) is 0.478. The summed E-state index contributed by atoms with van der Waals surface area (Å²) in [6.45, 7) is 0. The van der Waals surface area contributed by atoms with Gasteiger partial charge in [-0.3, -0.25) is 0 Å². The van der Waals surface area contributed by atoms with Gasteiger partial charge in [0.15, 0.2) is 0 Å². The molecule has 0 atom stereocenters. The second kappa shape index (κ2) is 9.60. The van der Waals surface area contributed by atoms with Crippen molar-refractivity contribution in [1.29, 1.82) is 0 Å². The van der Waals surface area contributed by atoms with Crippen LogP contribution in [-0.4, -0.2) is 31.4 Å². The van der Waals surface area contributed by atoms with Gasteiger partial charge < -0.3 is 9.13 Å². The van der Waals surface area contributed by atoms with Crippen molar-refractivity contribution in [2.75, 3.05) is 9.13 Å². The highest BCUT2D eigenvalue weighted by Gasteiger charge is 2.25. The molecule has 2 aromatic rings. The number of hydrogen-bond donors (Lipinski definition) is 0. The van der Waals surface area contributed by atoms with E-state index in [2.05, 4.69) is 69.8 Å². The Morgan fingerprint density at radius 1 is 0.593 bits per heavy atom. The van der Waals surface area contributed by atoms with Crippen LogP contribution in [0.3, 0.4) is 0 Å². The number of benzene rings is 2. The lowest BCUT2D eigenvalue weighted by molar-refractivity contribution is 0.696. The van der Waals surface area contributed by atoms with E-state index in [4.69, 9.17) is 0 Å². The quantitative estimate of drug-likeness (QED) is 0.611. The van der Waals surface area contributed by atoms with E-state index in [1.165, 1.54) is 68.4 Å². The van der Waals surface area contributed by atoms with Gasteiger partial charge in [0, 0.05) is 23.5 Å². The van der Waals surface area contributed by atoms with Crippen LogP contribution in [0.25, 0.3) is 0 Å². The van der Waals surface area contributed by atoms with Crippen molar-refractivity contribution in [3.05, 3.63) is 60.7 Å². The van der Waals surface area contributed by atoms with Crippen LogP contribution in [0, 0.1) is 0 Å². The lowest BCUT2D eigenvalue weighted by atomic mass is 10.2. The van der Waals surface area contributed by atoms with Crippen LogP contribution in [0.1, 0.15) is 51.4 Å². The normalized spacial score (nSPS) is 19.0. The summed E-state index contributed by atoms with van der Waals surface area (Å²) in [7, 11) is -0.447. The van der Waals surface area contributed by atoms with Crippen LogP contribution in [0.4, 0.5) is 11.4 Å². The SMILES string of the molecule is c1ccc(N([SiH2]C[SiH2]N(c2ccccc2)C2CCCC2)C2CCCC2)cc1. The molecule has 0 N–H and O–H groups in total. The van der Waals surface area contributed by atoms with Gasteiger partial charge in [0.2, 0.25) is 0 Å². The van der Waals surface area contributed by atoms with E-state index < -0.39 is 0 Å². The van der Waals surface area contributed by atoms with E-state index in [1.807, 2.05) is 0 Å². The van der Waals surface area contributed by atoms with E-state index in [0.717, 1.165) is 12.1 Å². The molecule has 4 heteroatoms. The summed E-state index contributed by atoms with van der Waals surface area (Å²) >= 11 is 0. The largest absolute Gasteiger partial charge is 0.401 e. The fourth-order valence-electron chi connectivity index (χ4n) is 5.13. The first-order valence-electron chi connectivity index (χ1n) is 11.1. The Balaban J connectivity index is 1.43. The molecule has 2 aliphatic carbocycles. The van der Waals surface area contributed by atoms with Crippen molar-refractivity contribution >= 4 is 30.7 Å². The Bertz CT molecular complexity index is 608. The van der Waals surface area contributed by atoms with Gasteiger partial charge in [-0.25, -0.2) is 0 Å². The molecule has 0 spiro atoms. The summed E-state index contributed by atoms with van der Waals surface area (Å²) in [6.07, 6.45) is 11.4. The van der Waals surface area contributed by atoms with E-state index in [9.17, 15) is 0 Å². The Morgan fingerprint density at radius 2 is 0.963 bits per heavy atom. The topological polar surface area (TPSA) is 6.48 Å². The first-order chi connectivity index (χ1) is 13.4. The fourth-order valence-corrected chi connectivity index (χ4v) is 10.8. The van der Waals surface area contributed by atoms with Gasteiger partial charge in [0.25, 0.3) is 0 Å². The lowest BCUT2D eigenvalue weighted by Crippen LogP contribution is -2.42. The van der Waals surface area contributed by atoms with Gasteiger partial charge in [0.1, 0.15) is 19.4 Å². The van der Waals surface area contributed by atoms with Crippen LogP contribution in [0.2, 0.25) is 5.67 Å². The molecule has 4 rings (SSSR count). The first kappa shape index (κ1) is 18.8. The first-order valence-corrected chi connectivity index (χ1v) is 14.3. The van der Waals surface area contributed by atoms with E-state index in [0.29, 0.717) is 0 Å². The van der Waals surface area contributed by atoms with Gasteiger partial charge in [-0.2, -0.15) is 0 Å². The zero-order valence-corrected chi connectivity index (χ0v) is 19.4. The third-order valence-corrected chi connectivity index (χ3v) is 11.8. The highest BCUT2D eigenvalue weighted by Crippen LogP contribution is 2.29. The van der Waals surface area contributed by atoms with Crippen LogP contribution in [0.15, 0.2) is 60.7 Å². The van der Waals surface area contributed by atoms with Gasteiger partial charge in [0.05, 0.1) is 0 Å². The third kappa shape index (κ3) is 4.85. The highest BCUT2D eigenvalue weighted by atomic mass is 28.3. The molecule has 2 aliphatic rings. The van der Waals surface area contributed by atoms with Crippen molar-refractivity contribution in [1.82, 2.24) is 0 Å². The summed E-state index contributed by atoms with van der Waals surface area (Å²) in [5.41, 5.74) is 4.51. The summed E-state index contributed by atoms with van der Waals surface area (Å²) < 4.78 is 5.75. The number of hydrogen-bond acceptors (Lipinski definition) is 2. The van der Waals surface area contributed by atoms with E-state index >= 15 is 0 Å². The molecule has 144 valence electrons. The summed E-state index contributed by atoms with van der Waals surface area (Å²) in [5.74, 6) is 0. The smallest absolute Gasteiger partial charge is 0.123 e. The number of rotatable bonds is 8. The predicted molar refractivity (Wildman–Crippen MR) is 124 cm³/mol. The molecule has 0 saturated heterocycles. The number of anilines is 2. The summed E-state index contributed by atoms with van der Waals surface area (Å²) in [5, 5.41) is 0. The van der Waals surface area contributed by atoms with Gasteiger partial charge in [-0.15, -0.1) is 0 Å². The Hall–Kier alpha value is -1.53. The molecular formula is C23H34N2Si2. The van der Waals surface area contributed by atoms with Crippen molar-refractivity contribution in [2.24, 2.45) is 0 Å². The molecule has 0 unspecified atom stereocenters. The monoisotopic (exact) mass is 394 g/mol. The third-order valence-electron chi connectivity index (χ3n) is 6.50. The summed E-state index contributed by atoms with van der Waals surface area (Å²) in [6, 6.07) is 24.2.